The molecule has 1 aliphatic heterocycles. The molecule has 1 aromatic heterocycles. The summed E-state index contributed by atoms with van der Waals surface area (Å²) in [6.45, 7) is 4.64. The van der Waals surface area contributed by atoms with Crippen LogP contribution in [0.15, 0.2) is 78.0 Å². The highest BCUT2D eigenvalue weighted by molar-refractivity contribution is 7.89. The quantitative estimate of drug-likeness (QED) is 0.439. The number of carbonyl (C=O) groups excluding carboxylic acids is 1. The van der Waals surface area contributed by atoms with Gasteiger partial charge in [-0.15, -0.1) is 0 Å². The number of carbonyl (C=O) groups is 1. The molecule has 2 aromatic carbocycles. The fraction of sp³-hybridized carbons (Fsp3) is 0.333. The van der Waals surface area contributed by atoms with E-state index in [0.29, 0.717) is 29.8 Å². The Morgan fingerprint density at radius 1 is 1.03 bits per heavy atom. The van der Waals surface area contributed by atoms with Crippen LogP contribution in [-0.4, -0.2) is 49.4 Å². The van der Waals surface area contributed by atoms with Crippen molar-refractivity contribution in [1.29, 1.82) is 0 Å². The number of sulfonamides is 1. The zero-order valence-corrected chi connectivity index (χ0v) is 20.9. The fourth-order valence-corrected chi connectivity index (χ4v) is 6.19. The number of benzene rings is 2. The first-order valence-electron chi connectivity index (χ1n) is 12.2. The largest absolute Gasteiger partial charge is 0.494 e. The fourth-order valence-electron chi connectivity index (χ4n) is 4.78. The summed E-state index contributed by atoms with van der Waals surface area (Å²) < 4.78 is 34.1. The minimum absolute atomic E-state index is 0.0878. The van der Waals surface area contributed by atoms with Gasteiger partial charge in [0.25, 0.3) is 5.91 Å². The second-order valence-electron chi connectivity index (χ2n) is 9.22. The van der Waals surface area contributed by atoms with Gasteiger partial charge in [0, 0.05) is 50.2 Å². The Morgan fingerprint density at radius 3 is 2.36 bits per heavy atom. The van der Waals surface area contributed by atoms with E-state index in [-0.39, 0.29) is 29.9 Å². The van der Waals surface area contributed by atoms with E-state index in [4.69, 9.17) is 4.74 Å². The maximum absolute atomic E-state index is 13.6. The minimum Gasteiger partial charge on any atom is -0.494 e. The van der Waals surface area contributed by atoms with E-state index in [1.807, 2.05) is 25.1 Å². The summed E-state index contributed by atoms with van der Waals surface area (Å²) in [5.41, 5.74) is 2.15. The molecule has 1 saturated carbocycles. The average Bonchev–Trinajstić information content (AvgIpc) is 3.29. The van der Waals surface area contributed by atoms with Crippen LogP contribution in [0.25, 0.3) is 0 Å². The van der Waals surface area contributed by atoms with Crippen LogP contribution >= 0.6 is 0 Å². The van der Waals surface area contributed by atoms with Crippen LogP contribution in [0.4, 0.5) is 0 Å². The van der Waals surface area contributed by atoms with Gasteiger partial charge in [-0.1, -0.05) is 18.2 Å². The molecule has 36 heavy (non-hydrogen) atoms. The number of piperidine rings is 1. The number of nitrogens with one attached hydrogen (secondary N) is 2. The summed E-state index contributed by atoms with van der Waals surface area (Å²) in [5.74, 6) is 1.62. The molecule has 2 heterocycles. The van der Waals surface area contributed by atoms with Crippen LogP contribution in [0.2, 0.25) is 0 Å². The molecule has 188 valence electrons. The standard InChI is InChI=1S/C27H30N4O4S/c1-2-35-22-9-11-23(12-10-22)36(33,34)31(18-20-4-3-13-28-14-20)17-19-5-7-21(8-6-19)27(32)30-26-24-15-29-16-25(24)26/h3-14,24-26,29H,2,15-18H2,1H3,(H,30,32)/t24-,25+,26+. The normalized spacial score (nSPS) is 20.7. The number of aromatic nitrogens is 1. The summed E-state index contributed by atoms with van der Waals surface area (Å²) in [6.07, 6.45) is 3.32. The SMILES string of the molecule is CCOc1ccc(S(=O)(=O)N(Cc2ccc(C(=O)N[C@H]3[C@@H]4CNC[C@@H]43)cc2)Cc2cccnc2)cc1. The van der Waals surface area contributed by atoms with Gasteiger partial charge in [0.05, 0.1) is 11.5 Å². The van der Waals surface area contributed by atoms with Crippen LogP contribution in [0.5, 0.6) is 5.75 Å². The first kappa shape index (κ1) is 24.4. The van der Waals surface area contributed by atoms with Gasteiger partial charge in [0.15, 0.2) is 0 Å². The smallest absolute Gasteiger partial charge is 0.251 e. The molecular weight excluding hydrogens is 476 g/mol. The summed E-state index contributed by atoms with van der Waals surface area (Å²) in [6, 6.07) is 17.5. The highest BCUT2D eigenvalue weighted by atomic mass is 32.2. The molecule has 3 aromatic rings. The van der Waals surface area contributed by atoms with Gasteiger partial charge in [0.2, 0.25) is 10.0 Å². The summed E-state index contributed by atoms with van der Waals surface area (Å²) in [4.78, 5) is 17.0. The molecule has 2 N–H and O–H groups in total. The Balaban J connectivity index is 1.32. The third-order valence-corrected chi connectivity index (χ3v) is 8.62. The van der Waals surface area contributed by atoms with Gasteiger partial charge in [-0.25, -0.2) is 8.42 Å². The molecule has 3 atom stereocenters. The lowest BCUT2D eigenvalue weighted by Gasteiger charge is -2.23. The Labute approximate surface area is 211 Å². The van der Waals surface area contributed by atoms with Crippen molar-refractivity contribution in [2.75, 3.05) is 19.7 Å². The van der Waals surface area contributed by atoms with Crippen molar-refractivity contribution in [3.63, 3.8) is 0 Å². The number of fused-ring (bicyclic) bond motifs is 1. The molecule has 2 fully saturated rings. The highest BCUT2D eigenvalue weighted by Crippen LogP contribution is 2.41. The Bertz CT molecular complexity index is 1290. The maximum Gasteiger partial charge on any atom is 0.251 e. The van der Waals surface area contributed by atoms with E-state index in [2.05, 4.69) is 15.6 Å². The van der Waals surface area contributed by atoms with Crippen molar-refractivity contribution < 1.29 is 17.9 Å². The van der Waals surface area contributed by atoms with Crippen LogP contribution in [0.1, 0.15) is 28.4 Å². The number of hydrogen-bond donors (Lipinski definition) is 2. The average molecular weight is 507 g/mol. The van der Waals surface area contributed by atoms with E-state index in [9.17, 15) is 13.2 Å². The molecule has 0 bridgehead atoms. The lowest BCUT2D eigenvalue weighted by atomic mass is 10.1. The Morgan fingerprint density at radius 2 is 1.72 bits per heavy atom. The predicted molar refractivity (Wildman–Crippen MR) is 136 cm³/mol. The minimum atomic E-state index is -3.81. The maximum atomic E-state index is 13.6. The van der Waals surface area contributed by atoms with Crippen LogP contribution in [0, 0.1) is 11.8 Å². The molecule has 2 aliphatic rings. The van der Waals surface area contributed by atoms with E-state index in [1.54, 1.807) is 54.9 Å². The second kappa shape index (κ2) is 10.4. The number of rotatable bonds is 10. The van der Waals surface area contributed by atoms with Crippen molar-refractivity contribution in [2.24, 2.45) is 11.8 Å². The van der Waals surface area contributed by atoms with Crippen molar-refractivity contribution in [3.8, 4) is 5.75 Å². The van der Waals surface area contributed by atoms with E-state index >= 15 is 0 Å². The number of ether oxygens (including phenoxy) is 1. The highest BCUT2D eigenvalue weighted by Gasteiger charge is 2.53. The lowest BCUT2D eigenvalue weighted by molar-refractivity contribution is 0.0946. The number of amides is 1. The zero-order chi connectivity index (χ0) is 25.1. The van der Waals surface area contributed by atoms with E-state index in [1.165, 1.54) is 4.31 Å². The number of pyridine rings is 1. The molecule has 0 spiro atoms. The van der Waals surface area contributed by atoms with Gasteiger partial charge in [-0.05, 0) is 72.4 Å². The third kappa shape index (κ3) is 5.28. The van der Waals surface area contributed by atoms with Gasteiger partial charge < -0.3 is 15.4 Å². The summed E-state index contributed by atoms with van der Waals surface area (Å²) in [5, 5.41) is 6.45. The molecule has 1 aliphatic carbocycles. The van der Waals surface area contributed by atoms with Crippen molar-refractivity contribution >= 4 is 15.9 Å². The molecule has 0 radical (unpaired) electrons. The van der Waals surface area contributed by atoms with Gasteiger partial charge in [-0.2, -0.15) is 4.31 Å². The molecule has 9 heteroatoms. The van der Waals surface area contributed by atoms with Crippen LogP contribution < -0.4 is 15.4 Å². The lowest BCUT2D eigenvalue weighted by Crippen LogP contribution is -2.32. The first-order valence-corrected chi connectivity index (χ1v) is 13.6. The van der Waals surface area contributed by atoms with Crippen molar-refractivity contribution in [2.45, 2.75) is 31.0 Å². The molecule has 1 amide bonds. The molecule has 5 rings (SSSR count). The van der Waals surface area contributed by atoms with Gasteiger partial charge in [-0.3, -0.25) is 9.78 Å². The molecule has 0 unspecified atom stereocenters. The van der Waals surface area contributed by atoms with Crippen molar-refractivity contribution in [1.82, 2.24) is 19.9 Å². The molecular formula is C27H30N4O4S. The van der Waals surface area contributed by atoms with Crippen molar-refractivity contribution in [3.05, 3.63) is 89.7 Å². The Hall–Kier alpha value is -3.27. The number of nitrogens with zero attached hydrogens (tertiary/aromatic N) is 2. The van der Waals surface area contributed by atoms with E-state index in [0.717, 1.165) is 24.2 Å². The molecule has 1 saturated heterocycles. The molecule has 8 nitrogen and oxygen atoms in total. The van der Waals surface area contributed by atoms with Crippen LogP contribution in [-0.2, 0) is 23.1 Å². The summed E-state index contributed by atoms with van der Waals surface area (Å²) >= 11 is 0. The van der Waals surface area contributed by atoms with E-state index < -0.39 is 10.0 Å². The van der Waals surface area contributed by atoms with Gasteiger partial charge >= 0.3 is 0 Å². The third-order valence-electron chi connectivity index (χ3n) is 6.82. The van der Waals surface area contributed by atoms with Gasteiger partial charge in [0.1, 0.15) is 5.75 Å². The topological polar surface area (TPSA) is 101 Å². The summed E-state index contributed by atoms with van der Waals surface area (Å²) in [7, 11) is -3.81. The predicted octanol–water partition coefficient (Wildman–Crippen LogP) is 2.82. The zero-order valence-electron chi connectivity index (χ0n) is 20.1. The first-order chi connectivity index (χ1) is 17.5. The second-order valence-corrected chi connectivity index (χ2v) is 11.2. The Kier molecular flexibility index (Phi) is 7.04. The van der Waals surface area contributed by atoms with Crippen LogP contribution in [0.3, 0.4) is 0 Å². The monoisotopic (exact) mass is 506 g/mol. The number of hydrogen-bond acceptors (Lipinski definition) is 6.